The van der Waals surface area contributed by atoms with Gasteiger partial charge in [0.25, 0.3) is 0 Å². The number of carbonyl (C=O) groups is 11. The van der Waals surface area contributed by atoms with Crippen molar-refractivity contribution in [3.8, 4) is 0 Å². The van der Waals surface area contributed by atoms with Crippen LogP contribution in [-0.4, -0.2) is 141 Å². The summed E-state index contributed by atoms with van der Waals surface area (Å²) in [4.78, 5) is 135. The molecule has 22 nitrogen and oxygen atoms in total. The van der Waals surface area contributed by atoms with E-state index in [4.69, 9.17) is 15.9 Å². The number of aliphatic carboxylic acids is 4. The van der Waals surface area contributed by atoms with Crippen LogP contribution in [0.3, 0.4) is 0 Å². The van der Waals surface area contributed by atoms with Crippen LogP contribution in [0.1, 0.15) is 251 Å². The van der Waals surface area contributed by atoms with E-state index in [0.717, 1.165) is 141 Å². The summed E-state index contributed by atoms with van der Waals surface area (Å²) in [5, 5.41) is 50.2. The van der Waals surface area contributed by atoms with E-state index in [2.05, 4.69) is 26.6 Å². The number of carboxylic acids is 4. The van der Waals surface area contributed by atoms with Crippen LogP contribution in [0, 0.1) is 0 Å². The number of unbranched alkanes of at least 4 members (excludes halogenated alkanes) is 24. The minimum atomic E-state index is -1.32. The summed E-state index contributed by atoms with van der Waals surface area (Å²) in [6.07, 6.45) is 25.7. The van der Waals surface area contributed by atoms with Crippen molar-refractivity contribution in [2.24, 2.45) is 5.73 Å². The van der Waals surface area contributed by atoms with E-state index < -0.39 is 77.6 Å². The summed E-state index contributed by atoms with van der Waals surface area (Å²) >= 11 is 0. The van der Waals surface area contributed by atoms with Crippen LogP contribution in [-0.2, 0) is 52.7 Å². The molecule has 0 radical (unpaired) electrons. The highest BCUT2D eigenvalue weighted by Gasteiger charge is 2.25. The summed E-state index contributed by atoms with van der Waals surface area (Å²) in [7, 11) is 1.49. The van der Waals surface area contributed by atoms with Crippen molar-refractivity contribution in [3.63, 3.8) is 0 Å². The molecule has 460 valence electrons. The minimum Gasteiger partial charge on any atom is -0.481 e. The number of likely N-dealkylation sites (N-methyl/N-ethyl adjacent to an activating group) is 1. The van der Waals surface area contributed by atoms with Gasteiger partial charge in [0, 0.05) is 58.7 Å². The molecule has 0 aliphatic rings. The maximum atomic E-state index is 13.4. The molecule has 0 saturated heterocycles. The first-order valence-corrected chi connectivity index (χ1v) is 30.0. The molecule has 0 spiro atoms. The van der Waals surface area contributed by atoms with Crippen LogP contribution in [0.5, 0.6) is 0 Å². The fourth-order valence-corrected chi connectivity index (χ4v) is 9.23. The number of Topliss-reactive ketones (excluding diaryl/α,β-unsaturated/α-hetero) is 1. The lowest BCUT2D eigenvalue weighted by Crippen LogP contribution is -2.48. The first-order chi connectivity index (χ1) is 38.2. The smallest absolute Gasteiger partial charge is 0.326 e. The van der Waals surface area contributed by atoms with Gasteiger partial charge < -0.3 is 57.6 Å². The fraction of sp³-hybridized carbons (Fsp3) is 0.810. The van der Waals surface area contributed by atoms with Gasteiger partial charge in [0.05, 0.1) is 12.6 Å². The van der Waals surface area contributed by atoms with Crippen LogP contribution in [0.15, 0.2) is 0 Å². The Morgan fingerprint density at radius 3 is 1.07 bits per heavy atom. The zero-order chi connectivity index (χ0) is 59.8. The number of carboxylic acid groups (broad SMARTS) is 4. The van der Waals surface area contributed by atoms with Gasteiger partial charge in [-0.3, -0.25) is 43.2 Å². The van der Waals surface area contributed by atoms with Crippen molar-refractivity contribution < 1.29 is 73.2 Å². The third kappa shape index (κ3) is 45.1. The molecule has 80 heavy (non-hydrogen) atoms. The molecule has 0 saturated carbocycles. The lowest BCUT2D eigenvalue weighted by molar-refractivity contribution is -0.142. The van der Waals surface area contributed by atoms with Crippen molar-refractivity contribution in [1.29, 1.82) is 0 Å². The van der Waals surface area contributed by atoms with Gasteiger partial charge in [-0.05, 0) is 84.0 Å². The molecule has 0 bridgehead atoms. The predicted molar refractivity (Wildman–Crippen MR) is 304 cm³/mol. The highest BCUT2D eigenvalue weighted by Crippen LogP contribution is 2.16. The van der Waals surface area contributed by atoms with Crippen molar-refractivity contribution in [3.05, 3.63) is 0 Å². The Bertz CT molecular complexity index is 1820. The monoisotopic (exact) mass is 1140 g/mol. The van der Waals surface area contributed by atoms with E-state index in [1.807, 2.05) is 0 Å². The first kappa shape index (κ1) is 74.3. The number of carbonyl (C=O) groups excluding carboxylic acids is 7. The molecule has 22 heteroatoms. The molecule has 6 amide bonds. The predicted octanol–water partition coefficient (Wildman–Crippen LogP) is 7.21. The lowest BCUT2D eigenvalue weighted by Gasteiger charge is -2.21. The molecule has 0 aliphatic heterocycles. The van der Waals surface area contributed by atoms with Gasteiger partial charge in [0.15, 0.2) is 0 Å². The zero-order valence-electron chi connectivity index (χ0n) is 48.6. The Morgan fingerprint density at radius 2 is 0.700 bits per heavy atom. The topological polar surface area (TPSA) is 358 Å². The first-order valence-electron chi connectivity index (χ1n) is 30.0. The molecule has 11 N–H and O–H groups in total. The van der Waals surface area contributed by atoms with Crippen LogP contribution in [0.2, 0.25) is 0 Å². The largest absolute Gasteiger partial charge is 0.481 e. The number of nitrogens with zero attached hydrogens (tertiary/aromatic N) is 1. The molecule has 0 aromatic rings. The normalized spacial score (nSPS) is 12.5. The fourth-order valence-electron chi connectivity index (χ4n) is 9.23. The maximum Gasteiger partial charge on any atom is 0.326 e. The van der Waals surface area contributed by atoms with Crippen LogP contribution >= 0.6 is 0 Å². The summed E-state index contributed by atoms with van der Waals surface area (Å²) in [5.74, 6) is -6.95. The average molecular weight is 1140 g/mol. The summed E-state index contributed by atoms with van der Waals surface area (Å²) in [6, 6.07) is -4.41. The molecule has 0 aliphatic carbocycles. The Morgan fingerprint density at radius 1 is 0.375 bits per heavy atom. The van der Waals surface area contributed by atoms with Gasteiger partial charge in [0.1, 0.15) is 23.9 Å². The van der Waals surface area contributed by atoms with Gasteiger partial charge in [-0.25, -0.2) is 9.59 Å². The number of amides is 6. The van der Waals surface area contributed by atoms with Crippen LogP contribution < -0.4 is 32.3 Å². The Balaban J connectivity index is 4.93. The molecule has 0 aromatic heterocycles. The standard InChI is InChI=1S/C58H103N7O15/c1-44(66)43-65(2)56(76)45(59)31-27-29-42-61-55(75)46(62-52(70)40-38-48(58(79)80)64-51(69)34-24-20-16-12-8-4-6-10-14-18-22-26-36-54(73)74)32-28-30-41-60-49(67)39-37-47(57(77)78)63-50(68)33-23-19-15-11-7-3-5-9-13-17-21-25-35-53(71)72/h45-48H,3-43,59H2,1-2H3,(H,60,67)(H,61,75)(H,62,70)(H,63,68)(H,64,69)(H,71,72)(H,73,74)(H,77,78)(H,79,80)/t45-,46-,47-,48-/m0/s1. The van der Waals surface area contributed by atoms with E-state index in [-0.39, 0.29) is 89.1 Å². The quantitative estimate of drug-likeness (QED) is 0.0269. The summed E-state index contributed by atoms with van der Waals surface area (Å²) in [5.41, 5.74) is 6.03. The maximum absolute atomic E-state index is 13.4. The molecular formula is C58H103N7O15. The highest BCUT2D eigenvalue weighted by molar-refractivity contribution is 5.89. The highest BCUT2D eigenvalue weighted by atomic mass is 16.4. The molecular weight excluding hydrogens is 1030 g/mol. The van der Waals surface area contributed by atoms with E-state index >= 15 is 0 Å². The average Bonchev–Trinajstić information content (AvgIpc) is 3.39. The lowest BCUT2D eigenvalue weighted by atomic mass is 10.0. The molecule has 0 fully saturated rings. The van der Waals surface area contributed by atoms with Gasteiger partial charge in [-0.15, -0.1) is 0 Å². The summed E-state index contributed by atoms with van der Waals surface area (Å²) in [6.45, 7) is 1.69. The van der Waals surface area contributed by atoms with E-state index in [0.29, 0.717) is 44.9 Å². The third-order valence-electron chi connectivity index (χ3n) is 14.0. The van der Waals surface area contributed by atoms with Crippen molar-refractivity contribution >= 4 is 65.1 Å². The number of ketones is 1. The van der Waals surface area contributed by atoms with E-state index in [1.54, 1.807) is 0 Å². The van der Waals surface area contributed by atoms with Crippen molar-refractivity contribution in [2.45, 2.75) is 275 Å². The van der Waals surface area contributed by atoms with Gasteiger partial charge in [0.2, 0.25) is 35.4 Å². The number of hydrogen-bond donors (Lipinski definition) is 10. The SMILES string of the molecule is CC(=O)CN(C)C(=O)[C@@H](N)CCCCNC(=O)[C@H](CCCCNC(=O)CC[C@H](NC(=O)CCCCCCCCCCCCCCC(=O)O)C(=O)O)NC(=O)CC[C@H](NC(=O)CCCCCCCCCCCCCCC(=O)O)C(=O)O. The second kappa shape index (κ2) is 49.2. The molecule has 4 atom stereocenters. The number of nitrogens with two attached hydrogens (primary N) is 1. The molecule has 0 rings (SSSR count). The number of hydrogen-bond acceptors (Lipinski definition) is 12. The van der Waals surface area contributed by atoms with Crippen LogP contribution in [0.4, 0.5) is 0 Å². The number of nitrogens with one attached hydrogen (secondary N) is 5. The van der Waals surface area contributed by atoms with Gasteiger partial charge >= 0.3 is 23.9 Å². The third-order valence-corrected chi connectivity index (χ3v) is 14.0. The summed E-state index contributed by atoms with van der Waals surface area (Å²) < 4.78 is 0. The van der Waals surface area contributed by atoms with E-state index in [9.17, 15) is 63.0 Å². The van der Waals surface area contributed by atoms with E-state index in [1.165, 1.54) is 18.9 Å². The molecule has 0 aromatic carbocycles. The second-order valence-corrected chi connectivity index (χ2v) is 21.5. The van der Waals surface area contributed by atoms with Crippen LogP contribution in [0.25, 0.3) is 0 Å². The van der Waals surface area contributed by atoms with Gasteiger partial charge in [-0.1, -0.05) is 128 Å². The minimum absolute atomic E-state index is 0.0558. The Hall–Kier alpha value is -5.67. The second-order valence-electron chi connectivity index (χ2n) is 21.5. The number of rotatable bonds is 55. The Kier molecular flexibility index (Phi) is 45.7. The van der Waals surface area contributed by atoms with Crippen molar-refractivity contribution in [1.82, 2.24) is 31.5 Å². The zero-order valence-corrected chi connectivity index (χ0v) is 48.6. The van der Waals surface area contributed by atoms with Crippen molar-refractivity contribution in [2.75, 3.05) is 26.7 Å². The molecule has 0 unspecified atom stereocenters. The van der Waals surface area contributed by atoms with Gasteiger partial charge in [-0.2, -0.15) is 0 Å². The Labute approximate surface area is 475 Å². The molecule has 0 heterocycles.